The molecule has 1 aromatic heterocycles. The van der Waals surface area contributed by atoms with E-state index in [4.69, 9.17) is 20.9 Å². The molecule has 1 N–H and O–H groups in total. The van der Waals surface area contributed by atoms with Crippen molar-refractivity contribution in [1.29, 1.82) is 0 Å². The Kier molecular flexibility index (Phi) is 5.76. The first-order chi connectivity index (χ1) is 12.9. The molecule has 140 valence electrons. The number of benzene rings is 2. The lowest BCUT2D eigenvalue weighted by atomic mass is 10.1. The number of aryl methyl sites for hydroxylation is 2. The van der Waals surface area contributed by atoms with Crippen molar-refractivity contribution in [3.05, 3.63) is 64.5 Å². The van der Waals surface area contributed by atoms with Gasteiger partial charge in [0.2, 0.25) is 11.7 Å². The van der Waals surface area contributed by atoms with Crippen molar-refractivity contribution in [3.63, 3.8) is 0 Å². The lowest BCUT2D eigenvalue weighted by molar-refractivity contribution is -0.127. The summed E-state index contributed by atoms with van der Waals surface area (Å²) in [5, 5.41) is 7.17. The van der Waals surface area contributed by atoms with E-state index >= 15 is 0 Å². The van der Waals surface area contributed by atoms with Crippen LogP contribution in [0.1, 0.15) is 23.9 Å². The molecular weight excluding hydrogens is 366 g/mol. The van der Waals surface area contributed by atoms with Crippen LogP contribution in [-0.4, -0.2) is 22.2 Å². The average molecular weight is 386 g/mol. The second-order valence-electron chi connectivity index (χ2n) is 6.29. The molecule has 0 saturated carbocycles. The minimum absolute atomic E-state index is 0.108. The lowest BCUT2D eigenvalue weighted by Crippen LogP contribution is -2.36. The van der Waals surface area contributed by atoms with Crippen LogP contribution in [0, 0.1) is 13.8 Å². The predicted octanol–water partition coefficient (Wildman–Crippen LogP) is 4.09. The van der Waals surface area contributed by atoms with Crippen molar-refractivity contribution in [2.24, 2.45) is 0 Å². The third kappa shape index (κ3) is 4.86. The van der Waals surface area contributed by atoms with Crippen molar-refractivity contribution in [2.75, 3.05) is 0 Å². The van der Waals surface area contributed by atoms with Crippen LogP contribution in [-0.2, 0) is 11.3 Å². The third-order valence-corrected chi connectivity index (χ3v) is 4.20. The van der Waals surface area contributed by atoms with Gasteiger partial charge in [-0.25, -0.2) is 0 Å². The molecule has 0 bridgehead atoms. The number of rotatable bonds is 6. The number of hydrogen-bond donors (Lipinski definition) is 1. The summed E-state index contributed by atoms with van der Waals surface area (Å²) < 4.78 is 10.9. The third-order valence-electron chi connectivity index (χ3n) is 3.87. The molecule has 1 unspecified atom stereocenters. The van der Waals surface area contributed by atoms with Gasteiger partial charge >= 0.3 is 0 Å². The van der Waals surface area contributed by atoms with Crippen LogP contribution in [0.25, 0.3) is 11.4 Å². The zero-order valence-corrected chi connectivity index (χ0v) is 16.1. The molecule has 6 nitrogen and oxygen atoms in total. The van der Waals surface area contributed by atoms with Gasteiger partial charge in [-0.2, -0.15) is 4.98 Å². The van der Waals surface area contributed by atoms with Crippen molar-refractivity contribution >= 4 is 17.5 Å². The fourth-order valence-electron chi connectivity index (χ4n) is 2.64. The van der Waals surface area contributed by atoms with Gasteiger partial charge in [-0.05, 0) is 56.2 Å². The summed E-state index contributed by atoms with van der Waals surface area (Å²) >= 11 is 6.13. The molecule has 0 aliphatic heterocycles. The van der Waals surface area contributed by atoms with Crippen LogP contribution in [0.5, 0.6) is 5.75 Å². The number of nitrogens with one attached hydrogen (secondary N) is 1. The summed E-state index contributed by atoms with van der Waals surface area (Å²) in [4.78, 5) is 16.5. The Morgan fingerprint density at radius 2 is 1.93 bits per heavy atom. The predicted molar refractivity (Wildman–Crippen MR) is 103 cm³/mol. The quantitative estimate of drug-likeness (QED) is 0.691. The molecule has 0 saturated heterocycles. The highest BCUT2D eigenvalue weighted by Crippen LogP contribution is 2.24. The van der Waals surface area contributed by atoms with E-state index in [0.717, 1.165) is 11.1 Å². The van der Waals surface area contributed by atoms with Gasteiger partial charge in [-0.1, -0.05) is 35.0 Å². The molecule has 0 spiro atoms. The molecule has 0 radical (unpaired) electrons. The Morgan fingerprint density at radius 3 is 2.63 bits per heavy atom. The van der Waals surface area contributed by atoms with E-state index in [1.807, 2.05) is 44.2 Å². The zero-order chi connectivity index (χ0) is 19.4. The minimum Gasteiger partial charge on any atom is -0.481 e. The van der Waals surface area contributed by atoms with Crippen molar-refractivity contribution in [3.8, 4) is 17.1 Å². The second-order valence-corrected chi connectivity index (χ2v) is 6.70. The van der Waals surface area contributed by atoms with E-state index in [-0.39, 0.29) is 18.3 Å². The minimum atomic E-state index is -0.655. The number of carbonyl (C=O) groups excluding carboxylic acids is 1. The normalized spacial score (nSPS) is 11.9. The summed E-state index contributed by atoms with van der Waals surface area (Å²) in [6.45, 7) is 5.76. The molecular formula is C20H20ClN3O3. The van der Waals surface area contributed by atoms with Crippen LogP contribution in [0.15, 0.2) is 47.0 Å². The molecule has 0 aliphatic rings. The molecule has 7 heteroatoms. The molecule has 1 amide bonds. The highest BCUT2D eigenvalue weighted by atomic mass is 35.5. The van der Waals surface area contributed by atoms with Gasteiger partial charge < -0.3 is 14.6 Å². The summed E-state index contributed by atoms with van der Waals surface area (Å²) in [5.74, 6) is 1.06. The maximum atomic E-state index is 12.3. The standard InChI is InChI=1S/C20H20ClN3O3/c1-12-8-13(2)10-15(9-12)26-14(3)20(25)22-11-18-23-19(24-27-18)16-6-4-5-7-17(16)21/h4-10,14H,11H2,1-3H3,(H,22,25). The fraction of sp³-hybridized carbons (Fsp3) is 0.250. The Hall–Kier alpha value is -2.86. The molecule has 2 aromatic carbocycles. The van der Waals surface area contributed by atoms with E-state index in [9.17, 15) is 4.79 Å². The van der Waals surface area contributed by atoms with Gasteiger partial charge in [0.15, 0.2) is 6.10 Å². The second kappa shape index (κ2) is 8.22. The first-order valence-corrected chi connectivity index (χ1v) is 8.90. The van der Waals surface area contributed by atoms with Crippen molar-refractivity contribution in [1.82, 2.24) is 15.5 Å². The number of hydrogen-bond acceptors (Lipinski definition) is 5. The van der Waals surface area contributed by atoms with E-state index in [2.05, 4.69) is 15.5 Å². The Labute approximate surface area is 162 Å². The summed E-state index contributed by atoms with van der Waals surface area (Å²) in [5.41, 5.74) is 2.83. The van der Waals surface area contributed by atoms with Gasteiger partial charge in [0, 0.05) is 5.56 Å². The molecule has 27 heavy (non-hydrogen) atoms. The lowest BCUT2D eigenvalue weighted by Gasteiger charge is -2.15. The van der Waals surface area contributed by atoms with Crippen LogP contribution in [0.3, 0.4) is 0 Å². The summed E-state index contributed by atoms with van der Waals surface area (Å²) in [7, 11) is 0. The number of aromatic nitrogens is 2. The van der Waals surface area contributed by atoms with E-state index in [1.165, 1.54) is 0 Å². The van der Waals surface area contributed by atoms with Crippen molar-refractivity contribution in [2.45, 2.75) is 33.4 Å². The Bertz CT molecular complexity index is 935. The largest absolute Gasteiger partial charge is 0.481 e. The van der Waals surface area contributed by atoms with Gasteiger partial charge in [0.05, 0.1) is 11.6 Å². The zero-order valence-electron chi connectivity index (χ0n) is 15.3. The smallest absolute Gasteiger partial charge is 0.261 e. The number of carbonyl (C=O) groups is 1. The Morgan fingerprint density at radius 1 is 1.22 bits per heavy atom. The van der Waals surface area contributed by atoms with Crippen LogP contribution in [0.2, 0.25) is 5.02 Å². The molecule has 0 fully saturated rings. The topological polar surface area (TPSA) is 77.2 Å². The van der Waals surface area contributed by atoms with E-state index in [0.29, 0.717) is 22.2 Å². The molecule has 3 aromatic rings. The van der Waals surface area contributed by atoms with E-state index in [1.54, 1.807) is 19.1 Å². The number of ether oxygens (including phenoxy) is 1. The average Bonchev–Trinajstić information content (AvgIpc) is 3.07. The summed E-state index contributed by atoms with van der Waals surface area (Å²) in [6, 6.07) is 13.0. The number of amides is 1. The first-order valence-electron chi connectivity index (χ1n) is 8.52. The first kappa shape index (κ1) is 18.9. The van der Waals surface area contributed by atoms with Crippen LogP contribution < -0.4 is 10.1 Å². The van der Waals surface area contributed by atoms with Gasteiger partial charge in [-0.3, -0.25) is 4.79 Å². The molecule has 1 atom stereocenters. The number of nitrogens with zero attached hydrogens (tertiary/aromatic N) is 2. The van der Waals surface area contributed by atoms with Crippen LogP contribution >= 0.6 is 11.6 Å². The number of halogens is 1. The van der Waals surface area contributed by atoms with Crippen molar-refractivity contribution < 1.29 is 14.1 Å². The van der Waals surface area contributed by atoms with E-state index < -0.39 is 6.10 Å². The highest BCUT2D eigenvalue weighted by Gasteiger charge is 2.17. The van der Waals surface area contributed by atoms with Crippen LogP contribution in [0.4, 0.5) is 0 Å². The molecule has 0 aliphatic carbocycles. The van der Waals surface area contributed by atoms with Gasteiger partial charge in [-0.15, -0.1) is 0 Å². The Balaban J connectivity index is 1.58. The molecule has 1 heterocycles. The maximum Gasteiger partial charge on any atom is 0.261 e. The highest BCUT2D eigenvalue weighted by molar-refractivity contribution is 6.33. The monoisotopic (exact) mass is 385 g/mol. The summed E-state index contributed by atoms with van der Waals surface area (Å²) in [6.07, 6.45) is -0.655. The fourth-order valence-corrected chi connectivity index (χ4v) is 2.86. The SMILES string of the molecule is Cc1cc(C)cc(OC(C)C(=O)NCc2nc(-c3ccccc3Cl)no2)c1. The molecule has 3 rings (SSSR count). The maximum absolute atomic E-state index is 12.3. The van der Waals surface area contributed by atoms with Gasteiger partial charge in [0.25, 0.3) is 5.91 Å². The van der Waals surface area contributed by atoms with Gasteiger partial charge in [0.1, 0.15) is 5.75 Å².